The topological polar surface area (TPSA) is 58.1 Å². The number of aliphatic hydroxyl groups excluding tert-OH is 1. The molecule has 3 aromatic rings. The highest BCUT2D eigenvalue weighted by atomic mass is 79.9. The minimum absolute atomic E-state index is 0.163. The van der Waals surface area contributed by atoms with Gasteiger partial charge in [0.15, 0.2) is 0 Å². The molecular weight excluding hydrogens is 375 g/mol. The van der Waals surface area contributed by atoms with Crippen molar-refractivity contribution in [3.63, 3.8) is 0 Å². The number of aromatic amines is 1. The number of nitrogens with zero attached hydrogens (tertiary/aromatic N) is 1. The minimum Gasteiger partial charge on any atom is -0.496 e. The molecule has 0 aliphatic carbocycles. The van der Waals surface area contributed by atoms with Crippen molar-refractivity contribution in [2.24, 2.45) is 0 Å². The van der Waals surface area contributed by atoms with E-state index in [1.54, 1.807) is 12.4 Å². The van der Waals surface area contributed by atoms with Crippen LogP contribution in [0.2, 0.25) is 5.02 Å². The van der Waals surface area contributed by atoms with Gasteiger partial charge < -0.3 is 14.8 Å². The number of rotatable bonds is 3. The number of ether oxygens (including phenoxy) is 1. The molecule has 0 radical (unpaired) electrons. The molecule has 0 spiro atoms. The fraction of sp³-hybridized carbons (Fsp3) is 0.133. The fourth-order valence-electron chi connectivity index (χ4n) is 2.36. The number of aliphatic hydroxyl groups is 1. The summed E-state index contributed by atoms with van der Waals surface area (Å²) < 4.78 is 19.7. The van der Waals surface area contributed by atoms with Crippen LogP contribution in [0.4, 0.5) is 4.39 Å². The summed E-state index contributed by atoms with van der Waals surface area (Å²) in [4.78, 5) is 7.18. The van der Waals surface area contributed by atoms with Gasteiger partial charge in [-0.05, 0) is 34.1 Å². The van der Waals surface area contributed by atoms with E-state index < -0.39 is 11.9 Å². The van der Waals surface area contributed by atoms with Crippen LogP contribution < -0.4 is 4.74 Å². The van der Waals surface area contributed by atoms with Crippen LogP contribution in [0.25, 0.3) is 11.0 Å². The molecule has 7 heteroatoms. The Bertz CT molecular complexity index is 853. The SMILES string of the molecule is COc1ccc(F)c(Cl)c1C(O)c1c[nH]c2ncc(Br)cc12. The van der Waals surface area contributed by atoms with Crippen molar-refractivity contribution < 1.29 is 14.2 Å². The Morgan fingerprint density at radius 2 is 2.23 bits per heavy atom. The largest absolute Gasteiger partial charge is 0.496 e. The molecule has 1 aromatic carbocycles. The Kier molecular flexibility index (Phi) is 4.08. The molecule has 0 amide bonds. The standard InChI is InChI=1S/C15H11BrClFN2O2/c1-22-11-3-2-10(18)13(17)12(11)14(21)9-6-20-15-8(9)4-7(16)5-19-15/h2-6,14,21H,1H3,(H,19,20). The second kappa shape index (κ2) is 5.87. The molecule has 0 aliphatic heterocycles. The van der Waals surface area contributed by atoms with Crippen LogP contribution in [-0.2, 0) is 0 Å². The summed E-state index contributed by atoms with van der Waals surface area (Å²) in [6.07, 6.45) is 2.11. The molecule has 0 fully saturated rings. The number of halogens is 3. The number of nitrogens with one attached hydrogen (secondary N) is 1. The molecule has 0 saturated carbocycles. The number of methoxy groups -OCH3 is 1. The number of pyridine rings is 1. The maximum atomic E-state index is 13.7. The first-order valence-corrected chi connectivity index (χ1v) is 7.52. The predicted molar refractivity (Wildman–Crippen MR) is 85.8 cm³/mol. The lowest BCUT2D eigenvalue weighted by atomic mass is 10.0. The normalized spacial score (nSPS) is 12.6. The number of fused-ring (bicyclic) bond motifs is 1. The molecule has 22 heavy (non-hydrogen) atoms. The monoisotopic (exact) mass is 384 g/mol. The van der Waals surface area contributed by atoms with Crippen molar-refractivity contribution in [3.8, 4) is 5.75 Å². The number of hydrogen-bond acceptors (Lipinski definition) is 3. The lowest BCUT2D eigenvalue weighted by molar-refractivity contribution is 0.215. The van der Waals surface area contributed by atoms with Gasteiger partial charge in [0.2, 0.25) is 0 Å². The van der Waals surface area contributed by atoms with E-state index in [-0.39, 0.29) is 10.6 Å². The first-order valence-electron chi connectivity index (χ1n) is 6.35. The van der Waals surface area contributed by atoms with E-state index in [0.29, 0.717) is 22.3 Å². The summed E-state index contributed by atoms with van der Waals surface area (Å²) in [5, 5.41) is 11.2. The average molecular weight is 386 g/mol. The minimum atomic E-state index is -1.15. The van der Waals surface area contributed by atoms with Crippen LogP contribution in [0.15, 0.2) is 35.1 Å². The van der Waals surface area contributed by atoms with Gasteiger partial charge in [0.25, 0.3) is 0 Å². The third-order valence-corrected chi connectivity index (χ3v) is 4.23. The second-order valence-electron chi connectivity index (χ2n) is 4.67. The molecule has 3 rings (SSSR count). The van der Waals surface area contributed by atoms with E-state index in [9.17, 15) is 9.50 Å². The third kappa shape index (κ3) is 2.47. The summed E-state index contributed by atoms with van der Waals surface area (Å²) in [5.74, 6) is -0.299. The highest BCUT2D eigenvalue weighted by Crippen LogP contribution is 2.39. The van der Waals surface area contributed by atoms with E-state index in [1.165, 1.54) is 19.2 Å². The van der Waals surface area contributed by atoms with E-state index in [0.717, 1.165) is 4.47 Å². The van der Waals surface area contributed by atoms with Crippen LogP contribution >= 0.6 is 27.5 Å². The molecule has 114 valence electrons. The molecule has 1 atom stereocenters. The van der Waals surface area contributed by atoms with E-state index in [1.807, 2.05) is 6.07 Å². The predicted octanol–water partition coefficient (Wildman–Crippen LogP) is 4.21. The van der Waals surface area contributed by atoms with Gasteiger partial charge in [0.1, 0.15) is 23.3 Å². The van der Waals surface area contributed by atoms with Crippen molar-refractivity contribution in [1.82, 2.24) is 9.97 Å². The Morgan fingerprint density at radius 1 is 1.45 bits per heavy atom. The lowest BCUT2D eigenvalue weighted by Gasteiger charge is -2.16. The van der Waals surface area contributed by atoms with Gasteiger partial charge in [-0.15, -0.1) is 0 Å². The Hall–Kier alpha value is -1.63. The molecule has 2 aromatic heterocycles. The zero-order valence-corrected chi connectivity index (χ0v) is 13.7. The molecule has 0 aliphatic rings. The van der Waals surface area contributed by atoms with Crippen molar-refractivity contribution in [2.45, 2.75) is 6.10 Å². The number of aromatic nitrogens is 2. The summed E-state index contributed by atoms with van der Waals surface area (Å²) in [6, 6.07) is 4.45. The van der Waals surface area contributed by atoms with Crippen molar-refractivity contribution in [1.29, 1.82) is 0 Å². The summed E-state index contributed by atoms with van der Waals surface area (Å²) >= 11 is 9.36. The molecule has 4 nitrogen and oxygen atoms in total. The number of benzene rings is 1. The summed E-state index contributed by atoms with van der Waals surface area (Å²) in [7, 11) is 1.44. The first kappa shape index (κ1) is 15.3. The van der Waals surface area contributed by atoms with Crippen molar-refractivity contribution in [2.75, 3.05) is 7.11 Å². The quantitative estimate of drug-likeness (QED) is 0.710. The highest BCUT2D eigenvalue weighted by Gasteiger charge is 2.24. The van der Waals surface area contributed by atoms with E-state index in [4.69, 9.17) is 16.3 Å². The van der Waals surface area contributed by atoms with Gasteiger partial charge in [0, 0.05) is 33.4 Å². The maximum absolute atomic E-state index is 13.7. The Labute approximate surface area is 139 Å². The molecule has 0 bridgehead atoms. The van der Waals surface area contributed by atoms with Crippen LogP contribution in [0.1, 0.15) is 17.2 Å². The number of H-pyrrole nitrogens is 1. The zero-order valence-electron chi connectivity index (χ0n) is 11.4. The van der Waals surface area contributed by atoms with Crippen LogP contribution in [0.5, 0.6) is 5.75 Å². The van der Waals surface area contributed by atoms with Crippen molar-refractivity contribution >= 4 is 38.6 Å². The van der Waals surface area contributed by atoms with Gasteiger partial charge in [-0.2, -0.15) is 0 Å². The maximum Gasteiger partial charge on any atom is 0.142 e. The van der Waals surface area contributed by atoms with Gasteiger partial charge >= 0.3 is 0 Å². The molecule has 2 heterocycles. The summed E-state index contributed by atoms with van der Waals surface area (Å²) in [6.45, 7) is 0. The van der Waals surface area contributed by atoms with Crippen LogP contribution in [0, 0.1) is 5.82 Å². The zero-order chi connectivity index (χ0) is 15.9. The Morgan fingerprint density at radius 3 is 2.95 bits per heavy atom. The van der Waals surface area contributed by atoms with Gasteiger partial charge in [-0.3, -0.25) is 0 Å². The smallest absolute Gasteiger partial charge is 0.142 e. The van der Waals surface area contributed by atoms with Crippen LogP contribution in [0.3, 0.4) is 0 Å². The van der Waals surface area contributed by atoms with Crippen LogP contribution in [-0.4, -0.2) is 22.2 Å². The lowest BCUT2D eigenvalue weighted by Crippen LogP contribution is -2.04. The molecule has 2 N–H and O–H groups in total. The van der Waals surface area contributed by atoms with E-state index in [2.05, 4.69) is 25.9 Å². The van der Waals surface area contributed by atoms with Crippen molar-refractivity contribution in [3.05, 3.63) is 57.0 Å². The molecule has 1 unspecified atom stereocenters. The van der Waals surface area contributed by atoms with Gasteiger partial charge in [-0.1, -0.05) is 11.6 Å². The third-order valence-electron chi connectivity index (χ3n) is 3.41. The van der Waals surface area contributed by atoms with Gasteiger partial charge in [0.05, 0.1) is 12.1 Å². The average Bonchev–Trinajstić information content (AvgIpc) is 2.92. The second-order valence-corrected chi connectivity index (χ2v) is 5.97. The van der Waals surface area contributed by atoms with E-state index >= 15 is 0 Å². The highest BCUT2D eigenvalue weighted by molar-refractivity contribution is 9.10. The van der Waals surface area contributed by atoms with Gasteiger partial charge in [-0.25, -0.2) is 9.37 Å². The molecule has 0 saturated heterocycles. The first-order chi connectivity index (χ1) is 10.5. The fourth-order valence-corrected chi connectivity index (χ4v) is 2.95. The number of hydrogen-bond donors (Lipinski definition) is 2. The molecular formula is C15H11BrClFN2O2. The Balaban J connectivity index is 2.20. The summed E-state index contributed by atoms with van der Waals surface area (Å²) in [5.41, 5.74) is 1.34.